The van der Waals surface area contributed by atoms with Crippen molar-refractivity contribution >= 4 is 28.3 Å². The Kier molecular flexibility index (Phi) is 9.63. The zero-order chi connectivity index (χ0) is 13.6. The molecule has 0 spiro atoms. The van der Waals surface area contributed by atoms with Crippen molar-refractivity contribution in [3.05, 3.63) is 0 Å². The van der Waals surface area contributed by atoms with Crippen LogP contribution < -0.4 is 10.5 Å². The minimum absolute atomic E-state index is 0. The molecule has 8 heteroatoms. The van der Waals surface area contributed by atoms with Gasteiger partial charge in [0, 0.05) is 19.6 Å². The third-order valence-electron chi connectivity index (χ3n) is 2.70. The molecule has 0 saturated heterocycles. The Morgan fingerprint density at radius 3 is 2.28 bits per heavy atom. The van der Waals surface area contributed by atoms with E-state index < -0.39 is 21.7 Å². The van der Waals surface area contributed by atoms with E-state index in [2.05, 4.69) is 4.72 Å². The zero-order valence-electron chi connectivity index (χ0n) is 11.3. The third kappa shape index (κ3) is 7.86. The van der Waals surface area contributed by atoms with E-state index in [9.17, 15) is 13.2 Å². The summed E-state index contributed by atoms with van der Waals surface area (Å²) in [7, 11) is -0.618. The van der Waals surface area contributed by atoms with Gasteiger partial charge < -0.3 is 10.6 Å². The van der Waals surface area contributed by atoms with E-state index in [0.717, 1.165) is 0 Å². The summed E-state index contributed by atoms with van der Waals surface area (Å²) in [5.74, 6) is -0.591. The molecule has 0 aromatic carbocycles. The highest BCUT2D eigenvalue weighted by Gasteiger charge is 2.18. The lowest BCUT2D eigenvalue weighted by Crippen LogP contribution is -2.39. The average molecular weight is 302 g/mol. The first-order valence-electron chi connectivity index (χ1n) is 5.60. The summed E-state index contributed by atoms with van der Waals surface area (Å²) in [6, 6.07) is 0.0196. The number of carbonyl (C=O) groups is 1. The minimum Gasteiger partial charge on any atom is -0.345 e. The predicted molar refractivity (Wildman–Crippen MR) is 75.2 cm³/mol. The van der Waals surface area contributed by atoms with Crippen LogP contribution in [0.15, 0.2) is 0 Å². The van der Waals surface area contributed by atoms with E-state index in [1.807, 2.05) is 13.8 Å². The second kappa shape index (κ2) is 8.68. The standard InChI is InChI=1S/C10H23N3O3S.ClH/c1-8(2)9(11)5-6-13(4)10(14)7-17(15,16)12-3;/h8-9,12H,5-7,11H2,1-4H3;1H. The van der Waals surface area contributed by atoms with Crippen LogP contribution in [-0.2, 0) is 14.8 Å². The molecule has 3 N–H and O–H groups in total. The van der Waals surface area contributed by atoms with Gasteiger partial charge in [0.2, 0.25) is 15.9 Å². The van der Waals surface area contributed by atoms with E-state index in [1.54, 1.807) is 7.05 Å². The van der Waals surface area contributed by atoms with Gasteiger partial charge in [0.25, 0.3) is 0 Å². The highest BCUT2D eigenvalue weighted by Crippen LogP contribution is 2.04. The van der Waals surface area contributed by atoms with Crippen LogP contribution in [0, 0.1) is 5.92 Å². The number of rotatable bonds is 7. The van der Waals surface area contributed by atoms with Gasteiger partial charge in [-0.05, 0) is 19.4 Å². The number of nitrogens with zero attached hydrogens (tertiary/aromatic N) is 1. The Hall–Kier alpha value is -0.370. The number of halogens is 1. The molecule has 0 aromatic rings. The summed E-state index contributed by atoms with van der Waals surface area (Å²) in [4.78, 5) is 13.0. The molecule has 0 aliphatic heterocycles. The molecule has 110 valence electrons. The first kappa shape index (κ1) is 20.0. The fraction of sp³-hybridized carbons (Fsp3) is 0.900. The van der Waals surface area contributed by atoms with E-state index in [1.165, 1.54) is 11.9 Å². The second-order valence-electron chi connectivity index (χ2n) is 4.48. The fourth-order valence-corrected chi connectivity index (χ4v) is 1.84. The van der Waals surface area contributed by atoms with Crippen molar-refractivity contribution in [3.8, 4) is 0 Å². The number of nitrogens with two attached hydrogens (primary N) is 1. The number of amides is 1. The molecule has 1 unspecified atom stereocenters. The maximum absolute atomic E-state index is 11.6. The molecule has 0 heterocycles. The number of hydrogen-bond acceptors (Lipinski definition) is 4. The fourth-order valence-electron chi connectivity index (χ4n) is 1.15. The zero-order valence-corrected chi connectivity index (χ0v) is 13.0. The van der Waals surface area contributed by atoms with Gasteiger partial charge >= 0.3 is 0 Å². The van der Waals surface area contributed by atoms with Crippen LogP contribution in [0.5, 0.6) is 0 Å². The SMILES string of the molecule is CNS(=O)(=O)CC(=O)N(C)CCC(N)C(C)C.Cl. The van der Waals surface area contributed by atoms with Crippen LogP contribution in [0.2, 0.25) is 0 Å². The van der Waals surface area contributed by atoms with Crippen molar-refractivity contribution in [1.29, 1.82) is 0 Å². The second-order valence-corrected chi connectivity index (χ2v) is 6.40. The van der Waals surface area contributed by atoms with E-state index in [4.69, 9.17) is 5.73 Å². The highest BCUT2D eigenvalue weighted by molar-refractivity contribution is 7.90. The quantitative estimate of drug-likeness (QED) is 0.680. The summed E-state index contributed by atoms with van der Waals surface area (Å²) >= 11 is 0. The molecular formula is C10H24ClN3O3S. The molecule has 0 aliphatic rings. The lowest BCUT2D eigenvalue weighted by molar-refractivity contribution is -0.127. The van der Waals surface area contributed by atoms with Gasteiger partial charge in [-0.2, -0.15) is 0 Å². The lowest BCUT2D eigenvalue weighted by atomic mass is 10.0. The molecule has 1 amide bonds. The molecule has 0 saturated carbocycles. The molecular weight excluding hydrogens is 278 g/mol. The summed E-state index contributed by atoms with van der Waals surface area (Å²) in [5.41, 5.74) is 5.85. The third-order valence-corrected chi connectivity index (χ3v) is 3.95. The molecule has 1 atom stereocenters. The van der Waals surface area contributed by atoms with Gasteiger partial charge in [0.15, 0.2) is 0 Å². The van der Waals surface area contributed by atoms with Crippen LogP contribution in [0.25, 0.3) is 0 Å². The molecule has 0 radical (unpaired) electrons. The van der Waals surface area contributed by atoms with Crippen molar-refractivity contribution in [2.45, 2.75) is 26.3 Å². The number of carbonyl (C=O) groups excluding carboxylic acids is 1. The Morgan fingerprint density at radius 2 is 1.89 bits per heavy atom. The summed E-state index contributed by atoms with van der Waals surface area (Å²) in [6.07, 6.45) is 0.666. The van der Waals surface area contributed by atoms with Crippen molar-refractivity contribution in [1.82, 2.24) is 9.62 Å². The molecule has 0 rings (SSSR count). The normalized spacial score (nSPS) is 13.0. The highest BCUT2D eigenvalue weighted by atomic mass is 35.5. The van der Waals surface area contributed by atoms with Gasteiger partial charge in [-0.25, -0.2) is 13.1 Å². The van der Waals surface area contributed by atoms with E-state index in [-0.39, 0.29) is 18.4 Å². The largest absolute Gasteiger partial charge is 0.345 e. The molecule has 6 nitrogen and oxygen atoms in total. The van der Waals surface area contributed by atoms with Gasteiger partial charge in [0.1, 0.15) is 5.75 Å². The maximum Gasteiger partial charge on any atom is 0.238 e. The van der Waals surface area contributed by atoms with Gasteiger partial charge in [-0.1, -0.05) is 13.8 Å². The predicted octanol–water partition coefficient (Wildman–Crippen LogP) is -0.211. The van der Waals surface area contributed by atoms with Crippen LogP contribution in [0.1, 0.15) is 20.3 Å². The lowest BCUT2D eigenvalue weighted by Gasteiger charge is -2.21. The molecule has 0 fully saturated rings. The van der Waals surface area contributed by atoms with Crippen molar-refractivity contribution < 1.29 is 13.2 Å². The Morgan fingerprint density at radius 1 is 1.39 bits per heavy atom. The van der Waals surface area contributed by atoms with Crippen molar-refractivity contribution in [3.63, 3.8) is 0 Å². The van der Waals surface area contributed by atoms with Gasteiger partial charge in [-0.15, -0.1) is 12.4 Å². The molecule has 0 bridgehead atoms. The summed E-state index contributed by atoms with van der Waals surface area (Å²) < 4.78 is 24.5. The van der Waals surface area contributed by atoms with Crippen LogP contribution in [0.3, 0.4) is 0 Å². The molecule has 18 heavy (non-hydrogen) atoms. The van der Waals surface area contributed by atoms with Gasteiger partial charge in [-0.3, -0.25) is 4.79 Å². The Bertz CT molecular complexity index is 346. The Labute approximate surface area is 116 Å². The van der Waals surface area contributed by atoms with Crippen LogP contribution in [-0.4, -0.2) is 51.7 Å². The number of hydrogen-bond donors (Lipinski definition) is 2. The summed E-state index contributed by atoms with van der Waals surface area (Å²) in [6.45, 7) is 4.49. The maximum atomic E-state index is 11.6. The van der Waals surface area contributed by atoms with E-state index >= 15 is 0 Å². The molecule has 0 aromatic heterocycles. The van der Waals surface area contributed by atoms with Crippen molar-refractivity contribution in [2.75, 3.05) is 26.4 Å². The average Bonchev–Trinajstić information content (AvgIpc) is 2.24. The minimum atomic E-state index is -3.49. The molecule has 0 aliphatic carbocycles. The first-order chi connectivity index (χ1) is 7.69. The Balaban J connectivity index is 0. The van der Waals surface area contributed by atoms with Crippen molar-refractivity contribution in [2.24, 2.45) is 11.7 Å². The van der Waals surface area contributed by atoms with Gasteiger partial charge in [0.05, 0.1) is 0 Å². The smallest absolute Gasteiger partial charge is 0.238 e. The summed E-state index contributed by atoms with van der Waals surface area (Å²) in [5, 5.41) is 0. The van der Waals surface area contributed by atoms with Crippen LogP contribution in [0.4, 0.5) is 0 Å². The first-order valence-corrected chi connectivity index (χ1v) is 7.25. The van der Waals surface area contributed by atoms with E-state index in [0.29, 0.717) is 18.9 Å². The van der Waals surface area contributed by atoms with Crippen LogP contribution >= 0.6 is 12.4 Å². The number of sulfonamides is 1. The topological polar surface area (TPSA) is 92.5 Å². The number of nitrogens with one attached hydrogen (secondary N) is 1. The monoisotopic (exact) mass is 301 g/mol.